The van der Waals surface area contributed by atoms with Gasteiger partial charge in [0, 0.05) is 17.1 Å². The molecule has 6 nitrogen and oxygen atoms in total. The standard InChI is InChI=1S/C19H23N3O3/c1-12-11-16(13(2)22(12)14-7-4-3-5-8-14)19(25)21-20-18(24)15-9-6-10-17(15)23/h3-5,7-8,11,15,17,23H,6,9-10H2,1-2H3,(H,20,24)(H,21,25). The molecule has 6 heteroatoms. The number of hydrazine groups is 1. The molecule has 0 bridgehead atoms. The number of nitrogens with zero attached hydrogens (tertiary/aromatic N) is 1. The van der Waals surface area contributed by atoms with E-state index in [-0.39, 0.29) is 11.8 Å². The first-order chi connectivity index (χ1) is 12.0. The number of para-hydroxylation sites is 1. The summed E-state index contributed by atoms with van der Waals surface area (Å²) < 4.78 is 2.00. The van der Waals surface area contributed by atoms with Gasteiger partial charge in [-0.2, -0.15) is 0 Å². The Morgan fingerprint density at radius 2 is 1.84 bits per heavy atom. The number of rotatable bonds is 3. The van der Waals surface area contributed by atoms with Crippen LogP contribution in [0, 0.1) is 19.8 Å². The van der Waals surface area contributed by atoms with Crippen LogP contribution in [0.5, 0.6) is 0 Å². The first-order valence-electron chi connectivity index (χ1n) is 8.51. The van der Waals surface area contributed by atoms with Crippen LogP contribution in [0.15, 0.2) is 36.4 Å². The number of carbonyl (C=O) groups is 2. The molecule has 2 unspecified atom stereocenters. The Labute approximate surface area is 146 Å². The van der Waals surface area contributed by atoms with Gasteiger partial charge in [-0.25, -0.2) is 0 Å². The molecule has 2 amide bonds. The highest BCUT2D eigenvalue weighted by Crippen LogP contribution is 2.25. The third kappa shape index (κ3) is 3.44. The molecule has 3 rings (SSSR count). The highest BCUT2D eigenvalue weighted by Gasteiger charge is 2.31. The predicted molar refractivity (Wildman–Crippen MR) is 94.2 cm³/mol. The highest BCUT2D eigenvalue weighted by atomic mass is 16.3. The Morgan fingerprint density at radius 1 is 1.12 bits per heavy atom. The number of aryl methyl sites for hydroxylation is 1. The zero-order valence-electron chi connectivity index (χ0n) is 14.5. The van der Waals surface area contributed by atoms with Crippen molar-refractivity contribution >= 4 is 11.8 Å². The second-order valence-electron chi connectivity index (χ2n) is 6.50. The van der Waals surface area contributed by atoms with Gasteiger partial charge in [0.25, 0.3) is 5.91 Å². The zero-order valence-corrected chi connectivity index (χ0v) is 14.5. The van der Waals surface area contributed by atoms with Crippen LogP contribution in [0.2, 0.25) is 0 Å². The molecular weight excluding hydrogens is 318 g/mol. The van der Waals surface area contributed by atoms with Crippen LogP contribution in [0.4, 0.5) is 0 Å². The number of amides is 2. The predicted octanol–water partition coefficient (Wildman–Crippen LogP) is 2.02. The van der Waals surface area contributed by atoms with Gasteiger partial charge in [0.15, 0.2) is 0 Å². The lowest BCUT2D eigenvalue weighted by atomic mass is 10.1. The van der Waals surface area contributed by atoms with Crippen molar-refractivity contribution in [1.29, 1.82) is 0 Å². The summed E-state index contributed by atoms with van der Waals surface area (Å²) in [6, 6.07) is 11.6. The van der Waals surface area contributed by atoms with E-state index in [9.17, 15) is 14.7 Å². The van der Waals surface area contributed by atoms with Crippen molar-refractivity contribution in [1.82, 2.24) is 15.4 Å². The van der Waals surface area contributed by atoms with Gasteiger partial charge in [-0.3, -0.25) is 20.4 Å². The SMILES string of the molecule is Cc1cc(C(=O)NNC(=O)C2CCCC2O)c(C)n1-c1ccccc1. The summed E-state index contributed by atoms with van der Waals surface area (Å²) in [5.41, 5.74) is 8.14. The van der Waals surface area contributed by atoms with E-state index in [0.717, 1.165) is 23.5 Å². The first kappa shape index (κ1) is 17.2. The van der Waals surface area contributed by atoms with E-state index >= 15 is 0 Å². The number of nitrogens with one attached hydrogen (secondary N) is 2. The van der Waals surface area contributed by atoms with Crippen molar-refractivity contribution in [3.8, 4) is 5.69 Å². The summed E-state index contributed by atoms with van der Waals surface area (Å²) in [6.45, 7) is 3.81. The lowest BCUT2D eigenvalue weighted by Gasteiger charge is -2.15. The van der Waals surface area contributed by atoms with Gasteiger partial charge in [-0.05, 0) is 51.3 Å². The lowest BCUT2D eigenvalue weighted by Crippen LogP contribution is -2.46. The van der Waals surface area contributed by atoms with E-state index in [4.69, 9.17) is 0 Å². The average Bonchev–Trinajstić information content (AvgIpc) is 3.16. The molecule has 1 aromatic carbocycles. The molecule has 1 fully saturated rings. The van der Waals surface area contributed by atoms with Crippen LogP contribution in [-0.4, -0.2) is 27.6 Å². The van der Waals surface area contributed by atoms with Crippen molar-refractivity contribution in [2.24, 2.45) is 5.92 Å². The van der Waals surface area contributed by atoms with Crippen LogP contribution in [0.3, 0.4) is 0 Å². The minimum Gasteiger partial charge on any atom is -0.392 e. The maximum Gasteiger partial charge on any atom is 0.271 e. The number of aromatic nitrogens is 1. The zero-order chi connectivity index (χ0) is 18.0. The van der Waals surface area contributed by atoms with Gasteiger partial charge in [0.1, 0.15) is 0 Å². The van der Waals surface area contributed by atoms with Crippen LogP contribution in [0.1, 0.15) is 41.0 Å². The first-order valence-corrected chi connectivity index (χ1v) is 8.51. The molecule has 2 aromatic rings. The smallest absolute Gasteiger partial charge is 0.271 e. The topological polar surface area (TPSA) is 83.4 Å². The van der Waals surface area contributed by atoms with E-state index in [1.807, 2.05) is 48.7 Å². The number of hydrogen-bond acceptors (Lipinski definition) is 3. The summed E-state index contributed by atoms with van der Waals surface area (Å²) in [4.78, 5) is 24.5. The van der Waals surface area contributed by atoms with Crippen molar-refractivity contribution in [3.63, 3.8) is 0 Å². The van der Waals surface area contributed by atoms with E-state index < -0.39 is 12.0 Å². The van der Waals surface area contributed by atoms with E-state index in [1.54, 1.807) is 6.07 Å². The van der Waals surface area contributed by atoms with Gasteiger partial charge >= 0.3 is 0 Å². The van der Waals surface area contributed by atoms with Gasteiger partial charge in [0.05, 0.1) is 17.6 Å². The van der Waals surface area contributed by atoms with Gasteiger partial charge < -0.3 is 9.67 Å². The molecule has 3 N–H and O–H groups in total. The lowest BCUT2D eigenvalue weighted by molar-refractivity contribution is -0.128. The second-order valence-corrected chi connectivity index (χ2v) is 6.50. The summed E-state index contributed by atoms with van der Waals surface area (Å²) in [5.74, 6) is -1.15. The third-order valence-electron chi connectivity index (χ3n) is 4.81. The molecule has 0 aliphatic heterocycles. The normalized spacial score (nSPS) is 19.6. The van der Waals surface area contributed by atoms with Gasteiger partial charge in [-0.1, -0.05) is 18.2 Å². The molecule has 132 valence electrons. The minimum atomic E-state index is -0.625. The van der Waals surface area contributed by atoms with Crippen LogP contribution < -0.4 is 10.9 Å². The van der Waals surface area contributed by atoms with E-state index in [1.165, 1.54) is 0 Å². The molecule has 0 radical (unpaired) electrons. The Bertz CT molecular complexity index is 783. The maximum atomic E-state index is 12.5. The van der Waals surface area contributed by atoms with Gasteiger partial charge in [0.2, 0.25) is 5.91 Å². The average molecular weight is 341 g/mol. The molecule has 1 heterocycles. The molecule has 0 saturated heterocycles. The Kier molecular flexibility index (Phi) is 4.90. The molecule has 0 spiro atoms. The number of aliphatic hydroxyl groups is 1. The Balaban J connectivity index is 1.72. The molecule has 2 atom stereocenters. The third-order valence-corrected chi connectivity index (χ3v) is 4.81. The summed E-state index contributed by atoms with van der Waals surface area (Å²) in [6.07, 6.45) is 1.47. The van der Waals surface area contributed by atoms with Crippen molar-refractivity contribution < 1.29 is 14.7 Å². The quantitative estimate of drug-likeness (QED) is 0.747. The van der Waals surface area contributed by atoms with Gasteiger partial charge in [-0.15, -0.1) is 0 Å². The molecule has 1 aliphatic rings. The Morgan fingerprint density at radius 3 is 2.48 bits per heavy atom. The molecular formula is C19H23N3O3. The Hall–Kier alpha value is -2.60. The van der Waals surface area contributed by atoms with Crippen molar-refractivity contribution in [3.05, 3.63) is 53.3 Å². The number of benzene rings is 1. The van der Waals surface area contributed by atoms with Crippen LogP contribution >= 0.6 is 0 Å². The van der Waals surface area contributed by atoms with Crippen molar-refractivity contribution in [2.45, 2.75) is 39.2 Å². The number of aliphatic hydroxyl groups excluding tert-OH is 1. The van der Waals surface area contributed by atoms with E-state index in [2.05, 4.69) is 10.9 Å². The van der Waals surface area contributed by atoms with Crippen LogP contribution in [-0.2, 0) is 4.79 Å². The summed E-state index contributed by atoms with van der Waals surface area (Å²) in [7, 11) is 0. The minimum absolute atomic E-state index is 0.338. The highest BCUT2D eigenvalue weighted by molar-refractivity contribution is 5.97. The maximum absolute atomic E-state index is 12.5. The fourth-order valence-electron chi connectivity index (χ4n) is 3.49. The fraction of sp³-hybridized carbons (Fsp3) is 0.368. The molecule has 1 aromatic heterocycles. The number of carbonyl (C=O) groups excluding carboxylic acids is 2. The van der Waals surface area contributed by atoms with Crippen molar-refractivity contribution in [2.75, 3.05) is 0 Å². The molecule has 1 aliphatic carbocycles. The number of hydrogen-bond donors (Lipinski definition) is 3. The summed E-state index contributed by atoms with van der Waals surface area (Å²) in [5, 5.41) is 9.77. The summed E-state index contributed by atoms with van der Waals surface area (Å²) >= 11 is 0. The largest absolute Gasteiger partial charge is 0.392 e. The monoisotopic (exact) mass is 341 g/mol. The molecule has 25 heavy (non-hydrogen) atoms. The van der Waals surface area contributed by atoms with Crippen LogP contribution in [0.25, 0.3) is 5.69 Å². The molecule has 1 saturated carbocycles. The second kappa shape index (κ2) is 7.11. The fourth-order valence-corrected chi connectivity index (χ4v) is 3.49. The van der Waals surface area contributed by atoms with E-state index in [0.29, 0.717) is 18.4 Å².